The lowest BCUT2D eigenvalue weighted by atomic mass is 10.2. The van der Waals surface area contributed by atoms with Crippen LogP contribution >= 0.6 is 0 Å². The molecule has 0 aromatic heterocycles. The Balaban J connectivity index is 2.25. The lowest BCUT2D eigenvalue weighted by Gasteiger charge is -2.14. The predicted octanol–water partition coefficient (Wildman–Crippen LogP) is 3.24. The maximum Gasteiger partial charge on any atom is 0.169 e. The summed E-state index contributed by atoms with van der Waals surface area (Å²) in [6, 6.07) is 17.1. The Morgan fingerprint density at radius 2 is 1.61 bits per heavy atom. The Labute approximate surface area is 106 Å². The van der Waals surface area contributed by atoms with E-state index < -0.39 is 9.73 Å². The molecule has 3 rings (SSSR count). The Bertz CT molecular complexity index is 741. The molecule has 1 atom stereocenters. The Hall–Kier alpha value is -1.94. The maximum atomic E-state index is 12.6. The second-order valence-corrected chi connectivity index (χ2v) is 6.39. The first kappa shape index (κ1) is 11.2. The van der Waals surface area contributed by atoms with Gasteiger partial charge < -0.3 is 0 Å². The second-order valence-electron chi connectivity index (χ2n) is 4.16. The molecular formula is C14H12N2OS. The van der Waals surface area contributed by atoms with Crippen molar-refractivity contribution >= 4 is 21.3 Å². The SMILES string of the molecule is CS1(=O)=NC(c2ccccc2)=Nc2ccccc21. The minimum Gasteiger partial charge on any atom is -0.245 e. The zero-order chi connectivity index (χ0) is 12.6. The highest BCUT2D eigenvalue weighted by atomic mass is 32.2. The van der Waals surface area contributed by atoms with Crippen LogP contribution in [0.25, 0.3) is 0 Å². The van der Waals surface area contributed by atoms with Crippen molar-refractivity contribution in [2.75, 3.05) is 6.26 Å². The molecule has 90 valence electrons. The predicted molar refractivity (Wildman–Crippen MR) is 73.8 cm³/mol. The summed E-state index contributed by atoms with van der Waals surface area (Å²) in [6.07, 6.45) is 1.66. The Kier molecular flexibility index (Phi) is 2.52. The highest BCUT2D eigenvalue weighted by molar-refractivity contribution is 7.93. The normalized spacial score (nSPS) is 21.7. The van der Waals surface area contributed by atoms with Crippen LogP contribution in [-0.2, 0) is 9.73 Å². The molecule has 0 fully saturated rings. The van der Waals surface area contributed by atoms with Crippen molar-refractivity contribution in [3.8, 4) is 0 Å². The molecule has 1 heterocycles. The number of hydrogen-bond donors (Lipinski definition) is 0. The van der Waals surface area contributed by atoms with Gasteiger partial charge in [-0.05, 0) is 12.1 Å². The first-order valence-electron chi connectivity index (χ1n) is 5.62. The molecule has 1 aliphatic heterocycles. The first-order valence-corrected chi connectivity index (χ1v) is 7.54. The van der Waals surface area contributed by atoms with Gasteiger partial charge in [0.1, 0.15) is 0 Å². The summed E-state index contributed by atoms with van der Waals surface area (Å²) in [5, 5.41) is 0. The highest BCUT2D eigenvalue weighted by Gasteiger charge is 2.18. The fraction of sp³-hybridized carbons (Fsp3) is 0.0714. The lowest BCUT2D eigenvalue weighted by Crippen LogP contribution is -2.09. The molecule has 2 aromatic rings. The number of benzene rings is 2. The molecule has 0 aliphatic carbocycles. The van der Waals surface area contributed by atoms with Crippen LogP contribution in [0.15, 0.2) is 68.8 Å². The van der Waals surface area contributed by atoms with Crippen LogP contribution in [0, 0.1) is 0 Å². The molecule has 0 N–H and O–H groups in total. The minimum atomic E-state index is -2.40. The zero-order valence-corrected chi connectivity index (χ0v) is 10.7. The van der Waals surface area contributed by atoms with E-state index in [4.69, 9.17) is 0 Å². The van der Waals surface area contributed by atoms with Gasteiger partial charge in [-0.3, -0.25) is 0 Å². The van der Waals surface area contributed by atoms with Crippen LogP contribution in [0.3, 0.4) is 0 Å². The maximum absolute atomic E-state index is 12.6. The van der Waals surface area contributed by atoms with Crippen molar-refractivity contribution in [3.63, 3.8) is 0 Å². The highest BCUT2D eigenvalue weighted by Crippen LogP contribution is 2.30. The summed E-state index contributed by atoms with van der Waals surface area (Å²) in [6.45, 7) is 0. The molecule has 3 nitrogen and oxygen atoms in total. The Morgan fingerprint density at radius 3 is 2.39 bits per heavy atom. The summed E-state index contributed by atoms with van der Waals surface area (Å²) in [5.74, 6) is 0.543. The third-order valence-corrected chi connectivity index (χ3v) is 4.47. The van der Waals surface area contributed by atoms with Gasteiger partial charge in [0, 0.05) is 11.8 Å². The fourth-order valence-corrected chi connectivity index (χ4v) is 3.33. The summed E-state index contributed by atoms with van der Waals surface area (Å²) in [5.41, 5.74) is 1.64. The molecule has 4 heteroatoms. The Morgan fingerprint density at radius 1 is 0.944 bits per heavy atom. The molecule has 1 unspecified atom stereocenters. The minimum absolute atomic E-state index is 0.543. The van der Waals surface area contributed by atoms with Crippen LogP contribution in [-0.4, -0.2) is 16.3 Å². The third kappa shape index (κ3) is 1.84. The smallest absolute Gasteiger partial charge is 0.169 e. The van der Waals surface area contributed by atoms with E-state index in [1.165, 1.54) is 0 Å². The van der Waals surface area contributed by atoms with Crippen molar-refractivity contribution in [2.24, 2.45) is 9.36 Å². The topological polar surface area (TPSA) is 41.8 Å². The summed E-state index contributed by atoms with van der Waals surface area (Å²) in [4.78, 5) is 5.19. The van der Waals surface area contributed by atoms with Crippen LogP contribution in [0.2, 0.25) is 0 Å². The van der Waals surface area contributed by atoms with Crippen LogP contribution in [0.4, 0.5) is 5.69 Å². The average molecular weight is 256 g/mol. The van der Waals surface area contributed by atoms with E-state index in [1.54, 1.807) is 6.26 Å². The molecule has 0 radical (unpaired) electrons. The van der Waals surface area contributed by atoms with Crippen LogP contribution in [0.5, 0.6) is 0 Å². The van der Waals surface area contributed by atoms with Crippen molar-refractivity contribution in [3.05, 3.63) is 60.2 Å². The quantitative estimate of drug-likeness (QED) is 0.772. The van der Waals surface area contributed by atoms with E-state index >= 15 is 0 Å². The van der Waals surface area contributed by atoms with Gasteiger partial charge in [-0.25, -0.2) is 9.20 Å². The van der Waals surface area contributed by atoms with E-state index in [1.807, 2.05) is 54.6 Å². The van der Waals surface area contributed by atoms with Gasteiger partial charge >= 0.3 is 0 Å². The summed E-state index contributed by atoms with van der Waals surface area (Å²) >= 11 is 0. The molecule has 0 saturated carbocycles. The summed E-state index contributed by atoms with van der Waals surface area (Å²) < 4.78 is 16.9. The number of nitrogens with zero attached hydrogens (tertiary/aromatic N) is 2. The number of para-hydroxylation sites is 1. The van der Waals surface area contributed by atoms with E-state index in [-0.39, 0.29) is 0 Å². The molecule has 1 aliphatic rings. The number of aliphatic imine (C=N–C) groups is 1. The van der Waals surface area contributed by atoms with E-state index in [9.17, 15) is 4.21 Å². The van der Waals surface area contributed by atoms with Crippen molar-refractivity contribution in [1.82, 2.24) is 0 Å². The van der Waals surface area contributed by atoms with E-state index in [0.717, 1.165) is 11.3 Å². The standard InChI is InChI=1S/C14H12N2OS/c1-18(17)13-10-6-5-9-12(13)15-14(16-18)11-7-3-2-4-8-11/h2-10H,1H3. The van der Waals surface area contributed by atoms with Gasteiger partial charge in [0.2, 0.25) is 0 Å². The zero-order valence-electron chi connectivity index (χ0n) is 9.91. The molecule has 0 spiro atoms. The first-order chi connectivity index (χ1) is 8.67. The van der Waals surface area contributed by atoms with E-state index in [2.05, 4.69) is 9.36 Å². The van der Waals surface area contributed by atoms with Gasteiger partial charge in [0.15, 0.2) is 5.84 Å². The number of hydrogen-bond acceptors (Lipinski definition) is 3. The third-order valence-electron chi connectivity index (χ3n) is 2.79. The number of amidine groups is 1. The monoisotopic (exact) mass is 256 g/mol. The van der Waals surface area contributed by atoms with E-state index in [0.29, 0.717) is 10.7 Å². The lowest BCUT2D eigenvalue weighted by molar-refractivity contribution is 0.681. The van der Waals surface area contributed by atoms with Gasteiger partial charge in [-0.2, -0.15) is 4.36 Å². The molecular weight excluding hydrogens is 244 g/mol. The van der Waals surface area contributed by atoms with Gasteiger partial charge in [0.05, 0.1) is 20.3 Å². The largest absolute Gasteiger partial charge is 0.245 e. The van der Waals surface area contributed by atoms with Crippen molar-refractivity contribution in [2.45, 2.75) is 4.90 Å². The molecule has 0 amide bonds. The van der Waals surface area contributed by atoms with Crippen LogP contribution in [0.1, 0.15) is 5.56 Å². The van der Waals surface area contributed by atoms with Crippen LogP contribution < -0.4 is 0 Å². The van der Waals surface area contributed by atoms with Gasteiger partial charge in [0.25, 0.3) is 0 Å². The molecule has 0 saturated heterocycles. The number of fused-ring (bicyclic) bond motifs is 1. The molecule has 18 heavy (non-hydrogen) atoms. The van der Waals surface area contributed by atoms with Crippen molar-refractivity contribution in [1.29, 1.82) is 0 Å². The number of rotatable bonds is 1. The molecule has 0 bridgehead atoms. The van der Waals surface area contributed by atoms with Gasteiger partial charge in [-0.1, -0.05) is 42.5 Å². The fourth-order valence-electron chi connectivity index (χ4n) is 1.92. The van der Waals surface area contributed by atoms with Gasteiger partial charge in [-0.15, -0.1) is 0 Å². The average Bonchev–Trinajstić information content (AvgIpc) is 2.39. The summed E-state index contributed by atoms with van der Waals surface area (Å²) in [7, 11) is -2.40. The van der Waals surface area contributed by atoms with Crippen molar-refractivity contribution < 1.29 is 4.21 Å². The molecule has 2 aromatic carbocycles. The second kappa shape index (κ2) is 4.07.